The molecule has 0 atom stereocenters. The van der Waals surface area contributed by atoms with Crippen LogP contribution < -0.4 is 0 Å². The molecule has 0 N–H and O–H groups in total. The van der Waals surface area contributed by atoms with Crippen LogP contribution >= 0.6 is 15.9 Å². The number of esters is 1. The van der Waals surface area contributed by atoms with Gasteiger partial charge in [-0.15, -0.1) is 0 Å². The minimum atomic E-state index is -0.404. The summed E-state index contributed by atoms with van der Waals surface area (Å²) < 4.78 is 5.32. The number of ether oxygens (including phenoxy) is 1. The lowest BCUT2D eigenvalue weighted by Crippen LogP contribution is -2.00. The molecule has 0 radical (unpaired) electrons. The molecule has 21 heavy (non-hydrogen) atoms. The fraction of sp³-hybridized carbons (Fsp3) is 0.0588. The average Bonchev–Trinajstić information content (AvgIpc) is 2.52. The van der Waals surface area contributed by atoms with Crippen LogP contribution in [-0.2, 0) is 4.74 Å². The average molecular weight is 343 g/mol. The van der Waals surface area contributed by atoms with Gasteiger partial charge in [-0.2, -0.15) is 0 Å². The van der Waals surface area contributed by atoms with Gasteiger partial charge < -0.3 is 4.74 Å². The van der Waals surface area contributed by atoms with Gasteiger partial charge in [0.2, 0.25) is 5.78 Å². The van der Waals surface area contributed by atoms with E-state index in [0.717, 1.165) is 0 Å². The highest BCUT2D eigenvalue weighted by Gasteiger charge is 2.06. The Labute approximate surface area is 131 Å². The molecule has 0 aromatic heterocycles. The maximum Gasteiger partial charge on any atom is 0.337 e. The number of rotatable bonds is 2. The van der Waals surface area contributed by atoms with Crippen molar-refractivity contribution >= 4 is 27.7 Å². The SMILES string of the molecule is COC(=O)c1ccc(C#CC(=O)c2ccccc2Br)cc1. The van der Waals surface area contributed by atoms with Gasteiger partial charge >= 0.3 is 5.97 Å². The molecule has 0 amide bonds. The number of carbonyl (C=O) groups is 2. The Bertz CT molecular complexity index is 737. The molecule has 2 aromatic carbocycles. The molecule has 0 aliphatic carbocycles. The van der Waals surface area contributed by atoms with E-state index < -0.39 is 5.97 Å². The topological polar surface area (TPSA) is 43.4 Å². The lowest BCUT2D eigenvalue weighted by molar-refractivity contribution is 0.0600. The first-order chi connectivity index (χ1) is 10.1. The van der Waals surface area contributed by atoms with Gasteiger partial charge in [0.25, 0.3) is 0 Å². The van der Waals surface area contributed by atoms with Gasteiger partial charge in [-0.1, -0.05) is 34.0 Å². The van der Waals surface area contributed by atoms with Crippen molar-refractivity contribution in [2.45, 2.75) is 0 Å². The highest BCUT2D eigenvalue weighted by Crippen LogP contribution is 2.16. The number of methoxy groups -OCH3 is 1. The van der Waals surface area contributed by atoms with Crippen LogP contribution in [0.2, 0.25) is 0 Å². The van der Waals surface area contributed by atoms with Crippen LogP contribution in [0.1, 0.15) is 26.3 Å². The normalized spacial score (nSPS) is 9.43. The van der Waals surface area contributed by atoms with Gasteiger partial charge in [0.1, 0.15) is 0 Å². The van der Waals surface area contributed by atoms with Gasteiger partial charge in [-0.25, -0.2) is 4.79 Å². The van der Waals surface area contributed by atoms with Crippen molar-refractivity contribution in [3.05, 3.63) is 69.7 Å². The first-order valence-electron chi connectivity index (χ1n) is 6.11. The minimum absolute atomic E-state index is 0.264. The summed E-state index contributed by atoms with van der Waals surface area (Å²) in [4.78, 5) is 23.3. The summed E-state index contributed by atoms with van der Waals surface area (Å²) >= 11 is 3.32. The fourth-order valence-electron chi connectivity index (χ4n) is 1.65. The molecule has 0 aliphatic rings. The number of halogens is 1. The summed E-state index contributed by atoms with van der Waals surface area (Å²) in [6.07, 6.45) is 0. The summed E-state index contributed by atoms with van der Waals surface area (Å²) in [7, 11) is 1.33. The second kappa shape index (κ2) is 6.87. The van der Waals surface area contributed by atoms with Crippen molar-refractivity contribution in [3.8, 4) is 11.8 Å². The van der Waals surface area contributed by atoms with E-state index in [1.54, 1.807) is 42.5 Å². The molecule has 2 rings (SSSR count). The van der Waals surface area contributed by atoms with Crippen molar-refractivity contribution in [1.82, 2.24) is 0 Å². The molecule has 2 aromatic rings. The summed E-state index contributed by atoms with van der Waals surface area (Å²) in [5.74, 6) is 4.70. The zero-order valence-corrected chi connectivity index (χ0v) is 12.8. The monoisotopic (exact) mass is 342 g/mol. The van der Waals surface area contributed by atoms with Gasteiger partial charge in [0.15, 0.2) is 0 Å². The van der Waals surface area contributed by atoms with E-state index in [0.29, 0.717) is 21.2 Å². The zero-order chi connectivity index (χ0) is 15.2. The molecule has 0 saturated heterocycles. The molecule has 0 bridgehead atoms. The maximum atomic E-state index is 12.0. The lowest BCUT2D eigenvalue weighted by atomic mass is 10.1. The van der Waals surface area contributed by atoms with E-state index in [9.17, 15) is 9.59 Å². The molecule has 4 heteroatoms. The third-order valence-electron chi connectivity index (χ3n) is 2.74. The number of carbonyl (C=O) groups excluding carboxylic acids is 2. The third kappa shape index (κ3) is 3.80. The van der Waals surface area contributed by atoms with Crippen LogP contribution in [0.4, 0.5) is 0 Å². The van der Waals surface area contributed by atoms with E-state index in [-0.39, 0.29) is 5.78 Å². The zero-order valence-electron chi connectivity index (χ0n) is 11.2. The Morgan fingerprint density at radius 3 is 2.33 bits per heavy atom. The van der Waals surface area contributed by atoms with Crippen LogP contribution in [0.3, 0.4) is 0 Å². The Balaban J connectivity index is 2.18. The molecule has 0 aliphatic heterocycles. The third-order valence-corrected chi connectivity index (χ3v) is 3.44. The summed E-state index contributed by atoms with van der Waals surface area (Å²) in [6.45, 7) is 0. The number of benzene rings is 2. The standard InChI is InChI=1S/C17H11BrO3/c1-21-17(20)13-9-6-12(7-10-13)8-11-16(19)14-4-2-3-5-15(14)18/h2-7,9-10H,1H3. The maximum absolute atomic E-state index is 12.0. The van der Waals surface area contributed by atoms with E-state index >= 15 is 0 Å². The number of hydrogen-bond donors (Lipinski definition) is 0. The van der Waals surface area contributed by atoms with Crippen LogP contribution in [0.5, 0.6) is 0 Å². The van der Waals surface area contributed by atoms with Crippen LogP contribution in [-0.4, -0.2) is 18.9 Å². The molecule has 0 saturated carbocycles. The summed E-state index contributed by atoms with van der Waals surface area (Å²) in [5, 5.41) is 0. The van der Waals surface area contributed by atoms with Crippen LogP contribution in [0.15, 0.2) is 53.0 Å². The van der Waals surface area contributed by atoms with E-state index in [1.165, 1.54) is 7.11 Å². The van der Waals surface area contributed by atoms with Crippen molar-refractivity contribution < 1.29 is 14.3 Å². The van der Waals surface area contributed by atoms with Crippen molar-refractivity contribution in [1.29, 1.82) is 0 Å². The largest absolute Gasteiger partial charge is 0.465 e. The van der Waals surface area contributed by atoms with Crippen molar-refractivity contribution in [2.75, 3.05) is 7.11 Å². The first-order valence-corrected chi connectivity index (χ1v) is 6.90. The first kappa shape index (κ1) is 15.0. The molecule has 0 spiro atoms. The van der Waals surface area contributed by atoms with Crippen molar-refractivity contribution in [3.63, 3.8) is 0 Å². The number of ketones is 1. The van der Waals surface area contributed by atoms with Gasteiger partial charge in [-0.3, -0.25) is 4.79 Å². The summed E-state index contributed by atoms with van der Waals surface area (Å²) in [5.41, 5.74) is 1.62. The Morgan fingerprint density at radius 2 is 1.71 bits per heavy atom. The lowest BCUT2D eigenvalue weighted by Gasteiger charge is -1.98. The quantitative estimate of drug-likeness (QED) is 0.476. The van der Waals surface area contributed by atoms with Gasteiger partial charge in [-0.05, 0) is 42.3 Å². The second-order valence-corrected chi connectivity index (χ2v) is 4.98. The summed E-state index contributed by atoms with van der Waals surface area (Å²) in [6, 6.07) is 13.7. The molecule has 0 fully saturated rings. The van der Waals surface area contributed by atoms with Gasteiger partial charge in [0.05, 0.1) is 12.7 Å². The number of Topliss-reactive ketones (excluding diaryl/α,β-unsaturated/α-hetero) is 1. The van der Waals surface area contributed by atoms with Gasteiger partial charge in [0, 0.05) is 15.6 Å². The highest BCUT2D eigenvalue weighted by atomic mass is 79.9. The van der Waals surface area contributed by atoms with E-state index in [2.05, 4.69) is 32.5 Å². The molecule has 0 unspecified atom stereocenters. The van der Waals surface area contributed by atoms with Crippen molar-refractivity contribution in [2.24, 2.45) is 0 Å². The predicted octanol–water partition coefficient (Wildman–Crippen LogP) is 3.47. The molecular weight excluding hydrogens is 332 g/mol. The molecular formula is C17H11BrO3. The van der Waals surface area contributed by atoms with Crippen LogP contribution in [0, 0.1) is 11.8 Å². The molecule has 3 nitrogen and oxygen atoms in total. The highest BCUT2D eigenvalue weighted by molar-refractivity contribution is 9.10. The van der Waals surface area contributed by atoms with Crippen LogP contribution in [0.25, 0.3) is 0 Å². The molecule has 104 valence electrons. The predicted molar refractivity (Wildman–Crippen MR) is 83.1 cm³/mol. The number of hydrogen-bond acceptors (Lipinski definition) is 3. The van der Waals surface area contributed by atoms with E-state index in [1.807, 2.05) is 6.07 Å². The van der Waals surface area contributed by atoms with E-state index in [4.69, 9.17) is 0 Å². The Hall–Kier alpha value is -2.38. The Kier molecular flexibility index (Phi) is 4.91. The smallest absolute Gasteiger partial charge is 0.337 e. The molecule has 0 heterocycles. The fourth-order valence-corrected chi connectivity index (χ4v) is 2.11. The second-order valence-electron chi connectivity index (χ2n) is 4.13. The minimum Gasteiger partial charge on any atom is -0.465 e. The Morgan fingerprint density at radius 1 is 1.05 bits per heavy atom.